The van der Waals surface area contributed by atoms with Crippen molar-refractivity contribution in [3.63, 3.8) is 0 Å². The molecule has 0 aromatic carbocycles. The zero-order chi connectivity index (χ0) is 22.6. The molecule has 0 amide bonds. The summed E-state index contributed by atoms with van der Waals surface area (Å²) in [5.41, 5.74) is 0. The van der Waals surface area contributed by atoms with E-state index in [1.807, 2.05) is 20.8 Å². The highest BCUT2D eigenvalue weighted by Crippen LogP contribution is 2.20. The van der Waals surface area contributed by atoms with Crippen molar-refractivity contribution in [1.82, 2.24) is 0 Å². The van der Waals surface area contributed by atoms with Crippen LogP contribution in [0.15, 0.2) is 0 Å². The van der Waals surface area contributed by atoms with Gasteiger partial charge in [0, 0.05) is 32.3 Å². The number of nitrogens with zero attached hydrogens (tertiary/aromatic N) is 1. The Hall–Kier alpha value is 0.347. The third kappa shape index (κ3) is 19.5. The third-order valence-electron chi connectivity index (χ3n) is 5.96. The molecule has 0 heterocycles. The summed E-state index contributed by atoms with van der Waals surface area (Å²) in [6, 6.07) is 0.933. The van der Waals surface area contributed by atoms with Crippen LogP contribution in [0.5, 0.6) is 0 Å². The molecule has 0 aliphatic heterocycles. The molecule has 0 atom stereocenters. The van der Waals surface area contributed by atoms with E-state index < -0.39 is 8.80 Å². The fraction of sp³-hybridized carbons (Fsp3) is 1.00. The van der Waals surface area contributed by atoms with Crippen molar-refractivity contribution in [2.24, 2.45) is 0 Å². The van der Waals surface area contributed by atoms with Gasteiger partial charge in [0.1, 0.15) is 0 Å². The van der Waals surface area contributed by atoms with Gasteiger partial charge in [-0.25, -0.2) is 0 Å². The first kappa shape index (κ1) is 33.5. The zero-order valence-electron chi connectivity index (χ0n) is 22.0. The lowest BCUT2D eigenvalue weighted by Crippen LogP contribution is -3.00. The highest BCUT2D eigenvalue weighted by atomic mass is 35.5. The van der Waals surface area contributed by atoms with Crippen molar-refractivity contribution in [1.29, 1.82) is 0 Å². The van der Waals surface area contributed by atoms with Gasteiger partial charge in [-0.2, -0.15) is 0 Å². The highest BCUT2D eigenvalue weighted by molar-refractivity contribution is 6.60. The summed E-state index contributed by atoms with van der Waals surface area (Å²) in [7, 11) is 2.25. The second kappa shape index (κ2) is 22.2. The minimum absolute atomic E-state index is 0. The van der Waals surface area contributed by atoms with Gasteiger partial charge in [-0.3, -0.25) is 0 Å². The lowest BCUT2D eigenvalue weighted by Gasteiger charge is -2.32. The van der Waals surface area contributed by atoms with Gasteiger partial charge in [-0.1, -0.05) is 71.1 Å². The van der Waals surface area contributed by atoms with Crippen LogP contribution in [0.4, 0.5) is 0 Å². The van der Waals surface area contributed by atoms with E-state index in [1.54, 1.807) is 0 Å². The van der Waals surface area contributed by atoms with E-state index in [2.05, 4.69) is 21.0 Å². The summed E-state index contributed by atoms with van der Waals surface area (Å²) < 4.78 is 19.1. The Kier molecular flexibility index (Phi) is 24.0. The first-order valence-corrected chi connectivity index (χ1v) is 15.1. The molecule has 0 spiro atoms. The average Bonchev–Trinajstić information content (AvgIpc) is 2.69. The van der Waals surface area contributed by atoms with Crippen molar-refractivity contribution < 1.29 is 30.2 Å². The first-order chi connectivity index (χ1) is 14.4. The average molecular weight is 482 g/mol. The van der Waals surface area contributed by atoms with E-state index in [-0.39, 0.29) is 12.4 Å². The molecule has 0 N–H and O–H groups in total. The van der Waals surface area contributed by atoms with Crippen LogP contribution in [0, 0.1) is 0 Å². The SMILES string of the molecule is CCCCCCCCCCCCCC[N+](C)(C)CCC[Si](OCC)(OCC)OCC.[Cl-]. The minimum atomic E-state index is -2.48. The Labute approximate surface area is 203 Å². The molecule has 190 valence electrons. The number of halogens is 1. The van der Waals surface area contributed by atoms with Crippen LogP contribution in [-0.4, -0.2) is 60.3 Å². The van der Waals surface area contributed by atoms with E-state index in [9.17, 15) is 0 Å². The largest absolute Gasteiger partial charge is 1.00 e. The Morgan fingerprint density at radius 3 is 1.26 bits per heavy atom. The molecule has 0 rings (SSSR count). The Bertz CT molecular complexity index is 356. The van der Waals surface area contributed by atoms with E-state index in [0.29, 0.717) is 19.8 Å². The molecule has 0 fully saturated rings. The Morgan fingerprint density at radius 2 is 0.871 bits per heavy atom. The molecule has 0 aromatic rings. The monoisotopic (exact) mass is 481 g/mol. The summed E-state index contributed by atoms with van der Waals surface area (Å²) >= 11 is 0. The number of unbranched alkanes of at least 4 members (excludes halogenated alkanes) is 11. The van der Waals surface area contributed by atoms with Gasteiger partial charge in [0.15, 0.2) is 0 Å². The fourth-order valence-electron chi connectivity index (χ4n) is 4.22. The molecule has 0 aliphatic rings. The highest BCUT2D eigenvalue weighted by Gasteiger charge is 2.40. The smallest absolute Gasteiger partial charge is 0.501 e. The van der Waals surface area contributed by atoms with E-state index in [1.165, 1.54) is 90.1 Å². The predicted octanol–water partition coefficient (Wildman–Crippen LogP) is 4.21. The summed E-state index contributed by atoms with van der Waals surface area (Å²) in [6.07, 6.45) is 18.1. The van der Waals surface area contributed by atoms with Gasteiger partial charge in [0.25, 0.3) is 0 Å². The van der Waals surface area contributed by atoms with Gasteiger partial charge in [0.2, 0.25) is 0 Å². The van der Waals surface area contributed by atoms with Crippen molar-refractivity contribution in [3.05, 3.63) is 0 Å². The van der Waals surface area contributed by atoms with Gasteiger partial charge < -0.3 is 30.2 Å². The van der Waals surface area contributed by atoms with Crippen molar-refractivity contribution >= 4 is 8.80 Å². The molecule has 0 aromatic heterocycles. The van der Waals surface area contributed by atoms with Crippen LogP contribution in [0.3, 0.4) is 0 Å². The minimum Gasteiger partial charge on any atom is -1.00 e. The van der Waals surface area contributed by atoms with Crippen molar-refractivity contribution in [2.45, 2.75) is 117 Å². The number of quaternary nitrogens is 1. The molecule has 0 radical (unpaired) electrons. The molecule has 0 saturated carbocycles. The number of hydrogen-bond donors (Lipinski definition) is 0. The quantitative estimate of drug-likeness (QED) is 0.124. The molecule has 0 bridgehead atoms. The van der Waals surface area contributed by atoms with Crippen molar-refractivity contribution in [2.75, 3.05) is 47.0 Å². The van der Waals surface area contributed by atoms with Crippen LogP contribution in [-0.2, 0) is 13.3 Å². The standard InChI is InChI=1S/C25H56NO3Si.ClH/c1-7-11-12-13-14-15-16-17-18-19-20-21-23-26(5,6)24-22-25-30(27-8-2,28-9-3)29-10-4;/h7-25H2,1-6H3;1H/q+1;/p-1. The van der Waals surface area contributed by atoms with E-state index in [4.69, 9.17) is 13.3 Å². The van der Waals surface area contributed by atoms with Crippen LogP contribution < -0.4 is 12.4 Å². The lowest BCUT2D eigenvalue weighted by molar-refractivity contribution is -0.890. The maximum absolute atomic E-state index is 5.99. The number of rotatable bonds is 23. The molecular formula is C25H56ClNO3Si. The van der Waals surface area contributed by atoms with Crippen LogP contribution in [0.1, 0.15) is 111 Å². The summed E-state index contributed by atoms with van der Waals surface area (Å²) in [5, 5.41) is 0. The van der Waals surface area contributed by atoms with Crippen LogP contribution in [0.2, 0.25) is 6.04 Å². The topological polar surface area (TPSA) is 27.7 Å². The number of hydrogen-bond acceptors (Lipinski definition) is 3. The summed E-state index contributed by atoms with van der Waals surface area (Å²) in [5.74, 6) is 0. The Balaban J connectivity index is 0. The maximum Gasteiger partial charge on any atom is 0.501 e. The van der Waals surface area contributed by atoms with Gasteiger partial charge >= 0.3 is 8.80 Å². The Morgan fingerprint density at radius 1 is 0.516 bits per heavy atom. The second-order valence-corrected chi connectivity index (χ2v) is 12.1. The lowest BCUT2D eigenvalue weighted by atomic mass is 10.1. The normalized spacial score (nSPS) is 12.2. The molecule has 0 unspecified atom stereocenters. The molecule has 4 nitrogen and oxygen atoms in total. The van der Waals surface area contributed by atoms with E-state index in [0.717, 1.165) is 16.9 Å². The van der Waals surface area contributed by atoms with E-state index >= 15 is 0 Å². The maximum atomic E-state index is 5.99. The molecule has 31 heavy (non-hydrogen) atoms. The van der Waals surface area contributed by atoms with Crippen LogP contribution in [0.25, 0.3) is 0 Å². The fourth-order valence-corrected chi connectivity index (χ4v) is 6.81. The zero-order valence-corrected chi connectivity index (χ0v) is 23.7. The molecular weight excluding hydrogens is 426 g/mol. The third-order valence-corrected chi connectivity index (χ3v) is 9.11. The molecule has 0 aliphatic carbocycles. The van der Waals surface area contributed by atoms with Gasteiger partial charge in [-0.05, 0) is 33.6 Å². The predicted molar refractivity (Wildman–Crippen MR) is 133 cm³/mol. The molecule has 0 saturated heterocycles. The summed E-state index contributed by atoms with van der Waals surface area (Å²) in [4.78, 5) is 0. The summed E-state index contributed by atoms with van der Waals surface area (Å²) in [6.45, 7) is 12.8. The van der Waals surface area contributed by atoms with Gasteiger partial charge in [0.05, 0.1) is 27.2 Å². The molecule has 6 heteroatoms. The van der Waals surface area contributed by atoms with Crippen molar-refractivity contribution in [3.8, 4) is 0 Å². The van der Waals surface area contributed by atoms with Gasteiger partial charge in [-0.15, -0.1) is 0 Å². The second-order valence-electron chi connectivity index (χ2n) is 9.36. The van der Waals surface area contributed by atoms with Crippen LogP contribution >= 0.6 is 0 Å². The first-order valence-electron chi connectivity index (χ1n) is 13.2.